The van der Waals surface area contributed by atoms with Gasteiger partial charge in [0.05, 0.1) is 11.6 Å². The first kappa shape index (κ1) is 9.58. The van der Waals surface area contributed by atoms with Crippen LogP contribution in [-0.2, 0) is 4.79 Å². The van der Waals surface area contributed by atoms with Gasteiger partial charge in [-0.3, -0.25) is 4.79 Å². The molecule has 15 heavy (non-hydrogen) atoms. The summed E-state index contributed by atoms with van der Waals surface area (Å²) in [5.41, 5.74) is 0.853. The van der Waals surface area contributed by atoms with Crippen LogP contribution in [-0.4, -0.2) is 22.6 Å². The first-order valence-electron chi connectivity index (χ1n) is 4.56. The fraction of sp³-hybridized carbons (Fsp3) is 0.182. The lowest BCUT2D eigenvalue weighted by molar-refractivity contribution is -0.129. The average Bonchev–Trinajstić information content (AvgIpc) is 2.23. The molecule has 1 N–H and O–H groups in total. The van der Waals surface area contributed by atoms with Crippen LogP contribution in [0, 0.1) is 5.92 Å². The number of para-hydroxylation sites is 1. The number of fused-ring (bicyclic) bond motifs is 1. The topological polar surface area (TPSA) is 66.7 Å². The molecule has 1 aromatic rings. The maximum absolute atomic E-state index is 11.8. The molecule has 1 unspecified atom stereocenters. The number of hydrogen-bond acceptors (Lipinski definition) is 3. The smallest absolute Gasteiger partial charge is 0.351 e. The van der Waals surface area contributed by atoms with Crippen LogP contribution in [0.2, 0.25) is 0 Å². The quantitative estimate of drug-likeness (QED) is 0.755. The van der Waals surface area contributed by atoms with E-state index in [0.29, 0.717) is 11.3 Å². The molecule has 0 amide bonds. The Bertz CT molecular complexity index is 476. The number of benzene rings is 1. The normalized spacial score (nSPS) is 19.4. The Kier molecular flexibility index (Phi) is 2.11. The third kappa shape index (κ3) is 1.44. The highest BCUT2D eigenvalue weighted by atomic mass is 16.4. The van der Waals surface area contributed by atoms with Gasteiger partial charge in [-0.25, -0.2) is 9.79 Å². The van der Waals surface area contributed by atoms with Crippen LogP contribution in [0.3, 0.4) is 0 Å². The summed E-state index contributed by atoms with van der Waals surface area (Å²) in [4.78, 5) is 26.6. The Morgan fingerprint density at radius 2 is 2.07 bits per heavy atom. The van der Waals surface area contributed by atoms with Crippen molar-refractivity contribution in [3.63, 3.8) is 0 Å². The summed E-state index contributed by atoms with van der Waals surface area (Å²) in [5, 5.41) is 8.87. The number of nitrogens with zero attached hydrogens (tertiary/aromatic N) is 1. The lowest BCUT2D eigenvalue weighted by Gasteiger charge is -2.17. The van der Waals surface area contributed by atoms with Gasteiger partial charge in [0.1, 0.15) is 5.71 Å². The van der Waals surface area contributed by atoms with Gasteiger partial charge in [0.15, 0.2) is 5.78 Å². The second-order valence-corrected chi connectivity index (χ2v) is 3.41. The molecule has 1 aliphatic heterocycles. The molecule has 0 radical (unpaired) electrons. The first-order valence-corrected chi connectivity index (χ1v) is 4.56. The van der Waals surface area contributed by atoms with E-state index in [9.17, 15) is 9.59 Å². The zero-order valence-electron chi connectivity index (χ0n) is 8.10. The fourth-order valence-electron chi connectivity index (χ4n) is 1.60. The van der Waals surface area contributed by atoms with Crippen LogP contribution in [0.4, 0.5) is 5.69 Å². The SMILES string of the molecule is CC1C(=O)c2ccccc2N=C1C(=O)O. The van der Waals surface area contributed by atoms with Crippen molar-refractivity contribution in [2.45, 2.75) is 6.92 Å². The van der Waals surface area contributed by atoms with Gasteiger partial charge in [-0.15, -0.1) is 0 Å². The molecule has 1 atom stereocenters. The summed E-state index contributed by atoms with van der Waals surface area (Å²) in [7, 11) is 0. The molecule has 2 rings (SSSR count). The number of rotatable bonds is 1. The van der Waals surface area contributed by atoms with Crippen molar-refractivity contribution < 1.29 is 14.7 Å². The second-order valence-electron chi connectivity index (χ2n) is 3.41. The largest absolute Gasteiger partial charge is 0.477 e. The number of carboxylic acid groups (broad SMARTS) is 1. The molecule has 1 aromatic carbocycles. The third-order valence-electron chi connectivity index (χ3n) is 2.43. The molecule has 0 saturated carbocycles. The molecular weight excluding hydrogens is 194 g/mol. The van der Waals surface area contributed by atoms with E-state index in [1.807, 2.05) is 0 Å². The van der Waals surface area contributed by atoms with Crippen molar-refractivity contribution in [2.24, 2.45) is 10.9 Å². The van der Waals surface area contributed by atoms with E-state index in [2.05, 4.69) is 4.99 Å². The first-order chi connectivity index (χ1) is 7.11. The molecule has 4 nitrogen and oxygen atoms in total. The maximum atomic E-state index is 11.8. The lowest BCUT2D eigenvalue weighted by atomic mass is 9.91. The number of ketones is 1. The second kappa shape index (κ2) is 3.31. The lowest BCUT2D eigenvalue weighted by Crippen LogP contribution is -2.30. The van der Waals surface area contributed by atoms with Crippen molar-refractivity contribution in [1.29, 1.82) is 0 Å². The predicted octanol–water partition coefficient (Wildman–Crippen LogP) is 1.68. The number of Topliss-reactive ketones (excluding diaryl/α,β-unsaturated/α-hetero) is 1. The molecule has 0 aromatic heterocycles. The number of aliphatic carboxylic acids is 1. The number of carboxylic acids is 1. The highest BCUT2D eigenvalue weighted by molar-refractivity contribution is 6.43. The molecule has 4 heteroatoms. The van der Waals surface area contributed by atoms with E-state index < -0.39 is 11.9 Å². The van der Waals surface area contributed by atoms with E-state index >= 15 is 0 Å². The minimum Gasteiger partial charge on any atom is -0.477 e. The summed E-state index contributed by atoms with van der Waals surface area (Å²) < 4.78 is 0. The highest BCUT2D eigenvalue weighted by Gasteiger charge is 2.31. The van der Waals surface area contributed by atoms with Crippen molar-refractivity contribution in [2.75, 3.05) is 0 Å². The van der Waals surface area contributed by atoms with Gasteiger partial charge in [-0.2, -0.15) is 0 Å². The van der Waals surface area contributed by atoms with Gasteiger partial charge in [-0.05, 0) is 19.1 Å². The fourth-order valence-corrected chi connectivity index (χ4v) is 1.60. The van der Waals surface area contributed by atoms with Gasteiger partial charge in [0.25, 0.3) is 0 Å². The molecule has 0 bridgehead atoms. The van der Waals surface area contributed by atoms with E-state index in [4.69, 9.17) is 5.11 Å². The number of carbonyl (C=O) groups excluding carboxylic acids is 1. The van der Waals surface area contributed by atoms with Gasteiger partial charge in [0, 0.05) is 5.56 Å². The number of carbonyl (C=O) groups is 2. The Morgan fingerprint density at radius 1 is 1.40 bits per heavy atom. The third-order valence-corrected chi connectivity index (χ3v) is 2.43. The van der Waals surface area contributed by atoms with Crippen molar-refractivity contribution in [1.82, 2.24) is 0 Å². The van der Waals surface area contributed by atoms with E-state index in [1.165, 1.54) is 0 Å². The molecule has 0 aliphatic carbocycles. The Hall–Kier alpha value is -1.97. The molecular formula is C11H9NO3. The van der Waals surface area contributed by atoms with Crippen molar-refractivity contribution in [3.05, 3.63) is 29.8 Å². The molecule has 76 valence electrons. The number of hydrogen-bond donors (Lipinski definition) is 1. The molecule has 0 fully saturated rings. The minimum absolute atomic E-state index is 0.0845. The van der Waals surface area contributed by atoms with Crippen LogP contribution in [0.1, 0.15) is 17.3 Å². The average molecular weight is 203 g/mol. The summed E-state index contributed by atoms with van der Waals surface area (Å²) in [6.45, 7) is 1.56. The van der Waals surface area contributed by atoms with E-state index in [0.717, 1.165) is 0 Å². The van der Waals surface area contributed by atoms with Crippen molar-refractivity contribution >= 4 is 23.2 Å². The standard InChI is InChI=1S/C11H9NO3/c1-6-9(11(14)15)12-8-5-3-2-4-7(8)10(6)13/h2-6H,1H3,(H,14,15). The summed E-state index contributed by atoms with van der Waals surface area (Å²) in [5.74, 6) is -1.99. The minimum atomic E-state index is -1.13. The monoisotopic (exact) mass is 203 g/mol. The van der Waals surface area contributed by atoms with Crippen LogP contribution in [0.5, 0.6) is 0 Å². The predicted molar refractivity (Wildman–Crippen MR) is 54.7 cm³/mol. The van der Waals surface area contributed by atoms with Crippen LogP contribution < -0.4 is 0 Å². The maximum Gasteiger partial charge on any atom is 0.351 e. The van der Waals surface area contributed by atoms with Gasteiger partial charge < -0.3 is 5.11 Å². The van der Waals surface area contributed by atoms with Crippen LogP contribution in [0.15, 0.2) is 29.3 Å². The highest BCUT2D eigenvalue weighted by Crippen LogP contribution is 2.28. The summed E-state index contributed by atoms with van der Waals surface area (Å²) in [6, 6.07) is 6.77. The Labute approximate surface area is 86.3 Å². The zero-order chi connectivity index (χ0) is 11.0. The van der Waals surface area contributed by atoms with E-state index in [-0.39, 0.29) is 11.5 Å². The van der Waals surface area contributed by atoms with Crippen molar-refractivity contribution in [3.8, 4) is 0 Å². The number of aliphatic imine (C=N–C) groups is 1. The summed E-state index contributed by atoms with van der Waals surface area (Å²) >= 11 is 0. The van der Waals surface area contributed by atoms with Gasteiger partial charge >= 0.3 is 5.97 Å². The van der Waals surface area contributed by atoms with Gasteiger partial charge in [0.2, 0.25) is 0 Å². The Balaban J connectivity index is 2.62. The Morgan fingerprint density at radius 3 is 2.73 bits per heavy atom. The van der Waals surface area contributed by atoms with Crippen LogP contribution >= 0.6 is 0 Å². The molecule has 0 spiro atoms. The summed E-state index contributed by atoms with van der Waals surface area (Å²) in [6.07, 6.45) is 0. The molecule has 1 heterocycles. The zero-order valence-corrected chi connectivity index (χ0v) is 8.10. The molecule has 0 saturated heterocycles. The van der Waals surface area contributed by atoms with Crippen LogP contribution in [0.25, 0.3) is 0 Å². The van der Waals surface area contributed by atoms with E-state index in [1.54, 1.807) is 31.2 Å². The molecule has 1 aliphatic rings. The van der Waals surface area contributed by atoms with Gasteiger partial charge in [-0.1, -0.05) is 12.1 Å².